The molecule has 22 heavy (non-hydrogen) atoms. The van der Waals surface area contributed by atoms with Gasteiger partial charge in [-0.3, -0.25) is 0 Å². The number of sulfone groups is 1. The highest BCUT2D eigenvalue weighted by molar-refractivity contribution is 9.11. The van der Waals surface area contributed by atoms with Gasteiger partial charge in [-0.15, -0.1) is 0 Å². The predicted molar refractivity (Wildman–Crippen MR) is 93.1 cm³/mol. The van der Waals surface area contributed by atoms with Gasteiger partial charge in [-0.2, -0.15) is 4.31 Å². The monoisotopic (exact) mass is 473 g/mol. The normalized spacial score (nSPS) is 21.4. The predicted octanol–water partition coefficient (Wildman–Crippen LogP) is 2.80. The maximum atomic E-state index is 13.0. The molecular formula is C13H17Br2NO4S2. The number of sulfonamides is 1. The highest BCUT2D eigenvalue weighted by Gasteiger charge is 2.38. The van der Waals surface area contributed by atoms with E-state index >= 15 is 0 Å². The fourth-order valence-electron chi connectivity index (χ4n) is 2.52. The minimum absolute atomic E-state index is 0.0487. The standard InChI is InChI=1S/C13H17Br2NO4S2/c1-2-6-16(11-5-7-21(17,18)9-11)22(19,20)13-8-10(14)3-4-12(13)15/h3-4,8,11H,2,5-7,9H2,1H3/t11-/m1/s1. The second-order valence-electron chi connectivity index (χ2n) is 5.25. The molecule has 1 fully saturated rings. The largest absolute Gasteiger partial charge is 0.244 e. The highest BCUT2D eigenvalue weighted by Crippen LogP contribution is 2.31. The molecule has 0 amide bonds. The number of nitrogens with zero attached hydrogens (tertiary/aromatic N) is 1. The van der Waals surface area contributed by atoms with E-state index in [1.165, 1.54) is 10.4 Å². The van der Waals surface area contributed by atoms with E-state index in [4.69, 9.17) is 0 Å². The van der Waals surface area contributed by atoms with Crippen molar-refractivity contribution in [3.05, 3.63) is 27.1 Å². The Hall–Kier alpha value is 0.0400. The molecule has 2 rings (SSSR count). The van der Waals surface area contributed by atoms with Gasteiger partial charge < -0.3 is 0 Å². The lowest BCUT2D eigenvalue weighted by Gasteiger charge is -2.27. The average Bonchev–Trinajstić information content (AvgIpc) is 2.78. The third-order valence-corrected chi connectivity index (χ3v) is 8.73. The van der Waals surface area contributed by atoms with Gasteiger partial charge >= 0.3 is 0 Å². The van der Waals surface area contributed by atoms with Crippen LogP contribution >= 0.6 is 31.9 Å². The van der Waals surface area contributed by atoms with Gasteiger partial charge in [0, 0.05) is 21.5 Å². The van der Waals surface area contributed by atoms with E-state index in [1.807, 2.05) is 6.92 Å². The van der Waals surface area contributed by atoms with Crippen molar-refractivity contribution in [3.8, 4) is 0 Å². The van der Waals surface area contributed by atoms with E-state index in [1.54, 1.807) is 12.1 Å². The minimum Gasteiger partial charge on any atom is -0.229 e. The number of halogens is 2. The fourth-order valence-corrected chi connectivity index (χ4v) is 7.56. The summed E-state index contributed by atoms with van der Waals surface area (Å²) in [6.45, 7) is 2.18. The Kier molecular flexibility index (Phi) is 5.75. The molecule has 0 spiro atoms. The molecule has 0 bridgehead atoms. The summed E-state index contributed by atoms with van der Waals surface area (Å²) in [5.41, 5.74) is 0. The van der Waals surface area contributed by atoms with Crippen LogP contribution in [-0.4, -0.2) is 45.2 Å². The summed E-state index contributed by atoms with van der Waals surface area (Å²) in [4.78, 5) is 0.152. The van der Waals surface area contributed by atoms with Gasteiger partial charge in [0.2, 0.25) is 10.0 Å². The van der Waals surface area contributed by atoms with Crippen molar-refractivity contribution in [1.29, 1.82) is 0 Å². The first-order chi connectivity index (χ1) is 10.2. The Morgan fingerprint density at radius 2 is 2.00 bits per heavy atom. The summed E-state index contributed by atoms with van der Waals surface area (Å²) in [7, 11) is -6.90. The van der Waals surface area contributed by atoms with Crippen LogP contribution in [0.2, 0.25) is 0 Å². The summed E-state index contributed by atoms with van der Waals surface area (Å²) in [6.07, 6.45) is 0.981. The highest BCUT2D eigenvalue weighted by atomic mass is 79.9. The minimum atomic E-state index is -3.76. The molecule has 0 aliphatic carbocycles. The molecular weight excluding hydrogens is 458 g/mol. The summed E-state index contributed by atoms with van der Waals surface area (Å²) in [5.74, 6) is -0.0507. The molecule has 0 N–H and O–H groups in total. The maximum absolute atomic E-state index is 13.0. The summed E-state index contributed by atoms with van der Waals surface area (Å²) < 4.78 is 51.8. The molecule has 0 saturated carbocycles. The third-order valence-electron chi connectivity index (χ3n) is 3.54. The van der Waals surface area contributed by atoms with Crippen molar-refractivity contribution in [2.45, 2.75) is 30.7 Å². The van der Waals surface area contributed by atoms with Crippen molar-refractivity contribution in [2.75, 3.05) is 18.1 Å². The summed E-state index contributed by atoms with van der Waals surface area (Å²) >= 11 is 6.55. The van der Waals surface area contributed by atoms with Gasteiger partial charge in [0.05, 0.1) is 16.4 Å². The Morgan fingerprint density at radius 3 is 2.55 bits per heavy atom. The van der Waals surface area contributed by atoms with E-state index in [-0.39, 0.29) is 16.4 Å². The summed E-state index contributed by atoms with van der Waals surface area (Å²) in [5, 5.41) is 0. The van der Waals surface area contributed by atoms with E-state index in [0.29, 0.717) is 28.3 Å². The van der Waals surface area contributed by atoms with Gasteiger partial charge in [-0.25, -0.2) is 16.8 Å². The van der Waals surface area contributed by atoms with Gasteiger partial charge in [-0.05, 0) is 47.0 Å². The van der Waals surface area contributed by atoms with Crippen molar-refractivity contribution in [2.24, 2.45) is 0 Å². The van der Waals surface area contributed by atoms with Crippen LogP contribution in [0.15, 0.2) is 32.0 Å². The lowest BCUT2D eigenvalue weighted by Crippen LogP contribution is -2.41. The first-order valence-electron chi connectivity index (χ1n) is 6.84. The molecule has 0 aromatic heterocycles. The van der Waals surface area contributed by atoms with E-state index in [0.717, 1.165) is 0 Å². The molecule has 1 saturated heterocycles. The third kappa shape index (κ3) is 3.92. The van der Waals surface area contributed by atoms with Crippen molar-refractivity contribution in [3.63, 3.8) is 0 Å². The van der Waals surface area contributed by atoms with Gasteiger partial charge in [0.15, 0.2) is 9.84 Å². The molecule has 1 aromatic carbocycles. The molecule has 9 heteroatoms. The van der Waals surface area contributed by atoms with Crippen molar-refractivity contribution >= 4 is 51.7 Å². The smallest absolute Gasteiger partial charge is 0.229 e. The Morgan fingerprint density at radius 1 is 1.32 bits per heavy atom. The first-order valence-corrected chi connectivity index (χ1v) is 11.7. The first kappa shape index (κ1) is 18.4. The number of rotatable bonds is 5. The molecule has 5 nitrogen and oxygen atoms in total. The molecule has 1 atom stereocenters. The van der Waals surface area contributed by atoms with Gasteiger partial charge in [0.25, 0.3) is 0 Å². The Balaban J connectivity index is 2.45. The fraction of sp³-hybridized carbons (Fsp3) is 0.538. The average molecular weight is 475 g/mol. The molecule has 0 unspecified atom stereocenters. The lowest BCUT2D eigenvalue weighted by atomic mass is 10.2. The second kappa shape index (κ2) is 6.88. The van der Waals surface area contributed by atoms with Crippen LogP contribution in [0.4, 0.5) is 0 Å². The second-order valence-corrected chi connectivity index (χ2v) is 11.1. The molecule has 1 heterocycles. The van der Waals surface area contributed by atoms with E-state index in [2.05, 4.69) is 31.9 Å². The molecule has 1 aliphatic rings. The number of hydrogen-bond acceptors (Lipinski definition) is 4. The van der Waals surface area contributed by atoms with Crippen LogP contribution in [0.5, 0.6) is 0 Å². The SMILES string of the molecule is CCCN([C@@H]1CCS(=O)(=O)C1)S(=O)(=O)c1cc(Br)ccc1Br. The zero-order valence-electron chi connectivity index (χ0n) is 12.0. The zero-order chi connectivity index (χ0) is 16.5. The van der Waals surface area contributed by atoms with Crippen molar-refractivity contribution in [1.82, 2.24) is 4.31 Å². The van der Waals surface area contributed by atoms with Crippen molar-refractivity contribution < 1.29 is 16.8 Å². The van der Waals surface area contributed by atoms with Crippen LogP contribution in [0.3, 0.4) is 0 Å². The van der Waals surface area contributed by atoms with Gasteiger partial charge in [0.1, 0.15) is 0 Å². The van der Waals surface area contributed by atoms with Crippen LogP contribution in [-0.2, 0) is 19.9 Å². The molecule has 1 aromatic rings. The van der Waals surface area contributed by atoms with E-state index < -0.39 is 25.9 Å². The lowest BCUT2D eigenvalue weighted by molar-refractivity contribution is 0.340. The molecule has 0 radical (unpaired) electrons. The number of benzene rings is 1. The van der Waals surface area contributed by atoms with Crippen LogP contribution in [0, 0.1) is 0 Å². The van der Waals surface area contributed by atoms with Crippen LogP contribution in [0.25, 0.3) is 0 Å². The van der Waals surface area contributed by atoms with E-state index in [9.17, 15) is 16.8 Å². The Labute approximate surface area is 148 Å². The summed E-state index contributed by atoms with van der Waals surface area (Å²) in [6, 6.07) is 4.45. The van der Waals surface area contributed by atoms with Gasteiger partial charge in [-0.1, -0.05) is 22.9 Å². The maximum Gasteiger partial charge on any atom is 0.244 e. The number of hydrogen-bond donors (Lipinski definition) is 0. The van der Waals surface area contributed by atoms with Crippen LogP contribution < -0.4 is 0 Å². The zero-order valence-corrected chi connectivity index (χ0v) is 16.8. The van der Waals surface area contributed by atoms with Crippen LogP contribution in [0.1, 0.15) is 19.8 Å². The topological polar surface area (TPSA) is 71.5 Å². The molecule has 124 valence electrons. The molecule has 1 aliphatic heterocycles. The Bertz CT molecular complexity index is 762. The quantitative estimate of drug-likeness (QED) is 0.657.